The molecule has 1 saturated heterocycles. The zero-order valence-corrected chi connectivity index (χ0v) is 12.0. The topological polar surface area (TPSA) is 57.6 Å². The number of nitrogens with zero attached hydrogens (tertiary/aromatic N) is 1. The largest absolute Gasteiger partial charge is 0.391 e. The second-order valence-corrected chi connectivity index (χ2v) is 7.45. The second-order valence-electron chi connectivity index (χ2n) is 4.54. The van der Waals surface area contributed by atoms with Crippen LogP contribution in [0.1, 0.15) is 37.0 Å². The minimum Gasteiger partial charge on any atom is -0.391 e. The summed E-state index contributed by atoms with van der Waals surface area (Å²) < 4.78 is 26.6. The summed E-state index contributed by atoms with van der Waals surface area (Å²) in [7, 11) is -3.42. The van der Waals surface area contributed by atoms with Gasteiger partial charge >= 0.3 is 0 Å². The van der Waals surface area contributed by atoms with Crippen molar-refractivity contribution in [3.63, 3.8) is 0 Å². The molecular formula is C12H19NO3S2. The number of aliphatic hydroxyl groups is 1. The molecule has 0 aliphatic carbocycles. The van der Waals surface area contributed by atoms with Gasteiger partial charge in [0.15, 0.2) is 0 Å². The van der Waals surface area contributed by atoms with Crippen molar-refractivity contribution in [2.75, 3.05) is 13.1 Å². The molecule has 0 saturated carbocycles. The Hall–Kier alpha value is -0.430. The Morgan fingerprint density at radius 1 is 1.17 bits per heavy atom. The molecule has 0 radical (unpaired) electrons. The molecule has 0 aromatic carbocycles. The van der Waals surface area contributed by atoms with Gasteiger partial charge in [-0.25, -0.2) is 8.42 Å². The molecular weight excluding hydrogens is 270 g/mol. The van der Waals surface area contributed by atoms with Crippen molar-refractivity contribution >= 4 is 21.4 Å². The SMILES string of the molecule is O=S(=O)(c1ccsc1CO)N1CCCCCCC1. The normalized spacial score (nSPS) is 19.4. The number of rotatable bonds is 3. The molecule has 2 heterocycles. The Morgan fingerprint density at radius 3 is 2.39 bits per heavy atom. The van der Waals surface area contributed by atoms with Crippen LogP contribution in [0.15, 0.2) is 16.3 Å². The number of thiophene rings is 1. The van der Waals surface area contributed by atoms with Crippen molar-refractivity contribution in [3.8, 4) is 0 Å². The molecule has 0 atom stereocenters. The Balaban J connectivity index is 2.23. The molecule has 1 aliphatic rings. The second kappa shape index (κ2) is 6.14. The van der Waals surface area contributed by atoms with Crippen LogP contribution in [0.2, 0.25) is 0 Å². The summed E-state index contributed by atoms with van der Waals surface area (Å²) in [4.78, 5) is 0.827. The van der Waals surface area contributed by atoms with Gasteiger partial charge < -0.3 is 5.11 Å². The van der Waals surface area contributed by atoms with E-state index < -0.39 is 10.0 Å². The van der Waals surface area contributed by atoms with Gasteiger partial charge in [0.1, 0.15) is 0 Å². The van der Waals surface area contributed by atoms with Gasteiger partial charge in [-0.1, -0.05) is 19.3 Å². The first kappa shape index (κ1) is 14.0. The summed E-state index contributed by atoms with van der Waals surface area (Å²) in [5.41, 5.74) is 0. The first-order valence-electron chi connectivity index (χ1n) is 6.33. The van der Waals surface area contributed by atoms with Crippen LogP contribution < -0.4 is 0 Å². The molecule has 102 valence electrons. The minimum absolute atomic E-state index is 0.208. The maximum atomic E-state index is 12.5. The van der Waals surface area contributed by atoms with Crippen LogP contribution >= 0.6 is 11.3 Å². The fraction of sp³-hybridized carbons (Fsp3) is 0.667. The quantitative estimate of drug-likeness (QED) is 0.928. The third-order valence-corrected chi connectivity index (χ3v) is 6.30. The molecule has 0 unspecified atom stereocenters. The van der Waals surface area contributed by atoms with E-state index in [2.05, 4.69) is 0 Å². The molecule has 1 N–H and O–H groups in total. The van der Waals surface area contributed by atoms with E-state index in [0.29, 0.717) is 18.0 Å². The zero-order valence-electron chi connectivity index (χ0n) is 10.3. The summed E-state index contributed by atoms with van der Waals surface area (Å²) in [6.07, 6.45) is 5.26. The summed E-state index contributed by atoms with van der Waals surface area (Å²) >= 11 is 1.29. The van der Waals surface area contributed by atoms with Crippen LogP contribution in [0.5, 0.6) is 0 Å². The van der Waals surface area contributed by atoms with Crippen molar-refractivity contribution in [1.82, 2.24) is 4.31 Å². The Bertz CT molecular complexity index is 473. The van der Waals surface area contributed by atoms with Crippen molar-refractivity contribution in [2.24, 2.45) is 0 Å². The van der Waals surface area contributed by atoms with E-state index in [4.69, 9.17) is 0 Å². The Morgan fingerprint density at radius 2 is 1.78 bits per heavy atom. The molecule has 1 aromatic rings. The molecule has 1 aliphatic heterocycles. The van der Waals surface area contributed by atoms with Crippen LogP contribution in [0.25, 0.3) is 0 Å². The number of hydrogen-bond acceptors (Lipinski definition) is 4. The van der Waals surface area contributed by atoms with Gasteiger partial charge in [-0.2, -0.15) is 4.31 Å². The van der Waals surface area contributed by atoms with E-state index in [1.165, 1.54) is 17.8 Å². The molecule has 0 amide bonds. The molecule has 4 nitrogen and oxygen atoms in total. The Kier molecular flexibility index (Phi) is 4.77. The smallest absolute Gasteiger partial charge is 0.244 e. The van der Waals surface area contributed by atoms with Crippen molar-refractivity contribution in [3.05, 3.63) is 16.3 Å². The fourth-order valence-corrected chi connectivity index (χ4v) is 5.05. The van der Waals surface area contributed by atoms with Crippen molar-refractivity contribution in [1.29, 1.82) is 0 Å². The van der Waals surface area contributed by atoms with Crippen molar-refractivity contribution < 1.29 is 13.5 Å². The highest BCUT2D eigenvalue weighted by Gasteiger charge is 2.27. The van der Waals surface area contributed by atoms with E-state index in [0.717, 1.165) is 25.7 Å². The lowest BCUT2D eigenvalue weighted by Gasteiger charge is -2.24. The number of sulfonamides is 1. The van der Waals surface area contributed by atoms with Crippen LogP contribution in [0.4, 0.5) is 0 Å². The predicted molar refractivity (Wildman–Crippen MR) is 72.1 cm³/mol. The van der Waals surface area contributed by atoms with Crippen LogP contribution in [0, 0.1) is 0 Å². The molecule has 2 rings (SSSR count). The minimum atomic E-state index is -3.42. The summed E-state index contributed by atoms with van der Waals surface area (Å²) in [6, 6.07) is 1.60. The first-order chi connectivity index (χ1) is 8.66. The summed E-state index contributed by atoms with van der Waals surface area (Å²) in [6.45, 7) is 0.992. The van der Waals surface area contributed by atoms with Crippen LogP contribution in [0.3, 0.4) is 0 Å². The lowest BCUT2D eigenvalue weighted by atomic mass is 10.1. The van der Waals surface area contributed by atoms with Gasteiger partial charge in [-0.15, -0.1) is 11.3 Å². The fourth-order valence-electron chi connectivity index (χ4n) is 2.27. The average Bonchev–Trinajstić information content (AvgIpc) is 2.76. The average molecular weight is 289 g/mol. The standard InChI is InChI=1S/C12H19NO3S2/c14-10-11-12(6-9-17-11)18(15,16)13-7-4-2-1-3-5-8-13/h6,9,14H,1-5,7-8,10H2. The monoisotopic (exact) mass is 289 g/mol. The molecule has 1 fully saturated rings. The van der Waals surface area contributed by atoms with Gasteiger partial charge in [0.05, 0.1) is 11.5 Å². The zero-order chi connectivity index (χ0) is 13.0. The van der Waals surface area contributed by atoms with Gasteiger partial charge in [-0.3, -0.25) is 0 Å². The lowest BCUT2D eigenvalue weighted by Crippen LogP contribution is -2.34. The van der Waals surface area contributed by atoms with E-state index in [1.54, 1.807) is 15.8 Å². The van der Waals surface area contributed by atoms with Crippen LogP contribution in [-0.2, 0) is 16.6 Å². The van der Waals surface area contributed by atoms with E-state index in [1.807, 2.05) is 0 Å². The van der Waals surface area contributed by atoms with E-state index >= 15 is 0 Å². The van der Waals surface area contributed by atoms with E-state index in [9.17, 15) is 13.5 Å². The van der Waals surface area contributed by atoms with Crippen LogP contribution in [-0.4, -0.2) is 30.9 Å². The molecule has 0 bridgehead atoms. The number of aliphatic hydroxyl groups excluding tert-OH is 1. The molecule has 1 aromatic heterocycles. The lowest BCUT2D eigenvalue weighted by molar-refractivity contribution is 0.282. The summed E-state index contributed by atoms with van der Waals surface area (Å²) in [5, 5.41) is 10.9. The van der Waals surface area contributed by atoms with Gasteiger partial charge in [0.2, 0.25) is 10.0 Å². The van der Waals surface area contributed by atoms with Crippen molar-refractivity contribution in [2.45, 2.75) is 43.6 Å². The highest BCUT2D eigenvalue weighted by atomic mass is 32.2. The Labute approximate surface area is 112 Å². The van der Waals surface area contributed by atoms with Gasteiger partial charge in [-0.05, 0) is 24.3 Å². The third kappa shape index (κ3) is 2.93. The highest BCUT2D eigenvalue weighted by Crippen LogP contribution is 2.26. The molecule has 6 heteroatoms. The maximum absolute atomic E-state index is 12.5. The molecule has 18 heavy (non-hydrogen) atoms. The highest BCUT2D eigenvalue weighted by molar-refractivity contribution is 7.89. The molecule has 0 spiro atoms. The summed E-state index contributed by atoms with van der Waals surface area (Å²) in [5.74, 6) is 0. The first-order valence-corrected chi connectivity index (χ1v) is 8.65. The maximum Gasteiger partial charge on any atom is 0.244 e. The van der Waals surface area contributed by atoms with Gasteiger partial charge in [0, 0.05) is 18.0 Å². The van der Waals surface area contributed by atoms with E-state index in [-0.39, 0.29) is 11.5 Å². The predicted octanol–water partition coefficient (Wildman–Crippen LogP) is 2.20. The third-order valence-electron chi connectivity index (χ3n) is 3.28. The number of hydrogen-bond donors (Lipinski definition) is 1. The van der Waals surface area contributed by atoms with Gasteiger partial charge in [0.25, 0.3) is 0 Å².